The second kappa shape index (κ2) is 12.6. The summed E-state index contributed by atoms with van der Waals surface area (Å²) in [5, 5.41) is 10.2. The third-order valence-corrected chi connectivity index (χ3v) is 7.45. The quantitative estimate of drug-likeness (QED) is 0.329. The van der Waals surface area contributed by atoms with E-state index in [2.05, 4.69) is 27.5 Å². The van der Waals surface area contributed by atoms with E-state index >= 15 is 0 Å². The molecule has 1 N–H and O–H groups in total. The van der Waals surface area contributed by atoms with Crippen molar-refractivity contribution in [2.24, 2.45) is 0 Å². The molecular weight excluding hydrogens is 507 g/mol. The van der Waals surface area contributed by atoms with Crippen LogP contribution in [0.3, 0.4) is 0 Å². The number of rotatable bonds is 10. The Morgan fingerprint density at radius 3 is 2.70 bits per heavy atom. The number of alkyl halides is 1. The smallest absolute Gasteiger partial charge is 0.316 e. The van der Waals surface area contributed by atoms with E-state index in [1.165, 1.54) is 0 Å². The second-order valence-electron chi connectivity index (χ2n) is 10.4. The van der Waals surface area contributed by atoms with E-state index in [0.29, 0.717) is 24.9 Å². The number of aromatic hydroxyl groups is 1. The van der Waals surface area contributed by atoms with Gasteiger partial charge < -0.3 is 14.6 Å². The van der Waals surface area contributed by atoms with Crippen LogP contribution in [0.25, 0.3) is 16.7 Å². The van der Waals surface area contributed by atoms with Crippen molar-refractivity contribution in [3.05, 3.63) is 77.3 Å². The van der Waals surface area contributed by atoms with Gasteiger partial charge in [0.05, 0.1) is 19.0 Å². The minimum absolute atomic E-state index is 0.00475. The fourth-order valence-electron chi connectivity index (χ4n) is 5.65. The molecule has 0 saturated carbocycles. The molecule has 7 nitrogen and oxygen atoms in total. The predicted octanol–water partition coefficient (Wildman–Crippen LogP) is 6.12. The molecule has 1 fully saturated rings. The first-order chi connectivity index (χ1) is 19.5. The van der Waals surface area contributed by atoms with E-state index in [4.69, 9.17) is 14.5 Å². The number of nitrogens with zero attached hydrogens (tertiary/aromatic N) is 4. The summed E-state index contributed by atoms with van der Waals surface area (Å²) in [6, 6.07) is 9.86. The number of aromatic nitrogens is 3. The van der Waals surface area contributed by atoms with Gasteiger partial charge in [-0.3, -0.25) is 9.29 Å². The number of allylic oxidation sites excluding steroid dienone is 2. The molecule has 5 rings (SSSR count). The largest absolute Gasteiger partial charge is 0.508 e. The van der Waals surface area contributed by atoms with Crippen LogP contribution in [-0.2, 0) is 6.42 Å². The second-order valence-corrected chi connectivity index (χ2v) is 10.4. The van der Waals surface area contributed by atoms with Crippen LogP contribution in [-0.4, -0.2) is 64.0 Å². The molecule has 0 amide bonds. The number of aryl methyl sites for hydroxylation is 1. The maximum atomic E-state index is 12.6. The number of phenols is 1. The Morgan fingerprint density at radius 2 is 1.95 bits per heavy atom. The Kier molecular flexibility index (Phi) is 8.75. The van der Waals surface area contributed by atoms with Gasteiger partial charge in [-0.1, -0.05) is 12.6 Å². The third-order valence-electron chi connectivity index (χ3n) is 7.45. The number of hydrogen-bond acceptors (Lipinski definition) is 7. The van der Waals surface area contributed by atoms with Crippen molar-refractivity contribution < 1.29 is 19.0 Å². The number of likely N-dealkylation sites (tertiary alicyclic amines) is 1. The SMILES string of the molecule is C=C(C)c1nc(OCC)ccc1C1=C(c2cnc(O[C@H]3CCN(CCCF)C3)nc2)c2ccc(O)cc2CCC1. The van der Waals surface area contributed by atoms with Crippen molar-refractivity contribution in [3.8, 4) is 17.6 Å². The predicted molar refractivity (Wildman–Crippen MR) is 155 cm³/mol. The number of fused-ring (bicyclic) bond motifs is 1. The lowest BCUT2D eigenvalue weighted by atomic mass is 9.87. The number of ether oxygens (including phenoxy) is 2. The van der Waals surface area contributed by atoms with Gasteiger partial charge in [0, 0.05) is 49.2 Å². The molecule has 1 aromatic carbocycles. The topological polar surface area (TPSA) is 80.6 Å². The highest BCUT2D eigenvalue weighted by molar-refractivity contribution is 6.01. The zero-order valence-corrected chi connectivity index (χ0v) is 23.3. The molecule has 40 heavy (non-hydrogen) atoms. The molecule has 0 spiro atoms. The zero-order chi connectivity index (χ0) is 28.1. The molecule has 1 aliphatic heterocycles. The fraction of sp³-hybridized carbons (Fsp3) is 0.406. The Bertz CT molecular complexity index is 1390. The minimum atomic E-state index is -0.298. The van der Waals surface area contributed by atoms with Crippen molar-refractivity contribution in [1.82, 2.24) is 19.9 Å². The Morgan fingerprint density at radius 1 is 1.15 bits per heavy atom. The standard InChI is InChI=1S/C32H37FN4O3/c1-4-39-29-12-11-28(31(36-29)21(2)3)27-8-5-7-22-17-24(38)9-10-26(22)30(27)23-18-34-32(35-19-23)40-25-13-16-37(20-25)15-6-14-33/h9-12,17-19,25,38H,2,4-8,13-16,20H2,1,3H3/t25-/m0/s1. The number of pyridine rings is 1. The molecule has 0 radical (unpaired) electrons. The highest BCUT2D eigenvalue weighted by atomic mass is 19.1. The summed E-state index contributed by atoms with van der Waals surface area (Å²) >= 11 is 0. The van der Waals surface area contributed by atoms with Crippen LogP contribution in [0.5, 0.6) is 17.6 Å². The summed E-state index contributed by atoms with van der Waals surface area (Å²) < 4.78 is 24.3. The Labute approximate surface area is 235 Å². The van der Waals surface area contributed by atoms with E-state index in [-0.39, 0.29) is 18.5 Å². The van der Waals surface area contributed by atoms with Crippen molar-refractivity contribution in [2.45, 2.75) is 52.1 Å². The van der Waals surface area contributed by atoms with Gasteiger partial charge in [-0.15, -0.1) is 0 Å². The third kappa shape index (κ3) is 6.17. The first-order valence-electron chi connectivity index (χ1n) is 14.1. The van der Waals surface area contributed by atoms with Crippen LogP contribution in [0.4, 0.5) is 4.39 Å². The number of phenolic OH excluding ortho intramolecular Hbond substituents is 1. The lowest BCUT2D eigenvalue weighted by molar-refractivity contribution is 0.183. The van der Waals surface area contributed by atoms with Crippen LogP contribution in [0.2, 0.25) is 0 Å². The number of halogens is 1. The van der Waals surface area contributed by atoms with Crippen molar-refractivity contribution >= 4 is 16.7 Å². The maximum Gasteiger partial charge on any atom is 0.316 e. The Hall–Kier alpha value is -3.78. The lowest BCUT2D eigenvalue weighted by Gasteiger charge is -2.19. The molecule has 3 heterocycles. The first kappa shape index (κ1) is 27.8. The summed E-state index contributed by atoms with van der Waals surface area (Å²) in [6.07, 6.45) is 7.62. The van der Waals surface area contributed by atoms with Crippen LogP contribution < -0.4 is 9.47 Å². The summed E-state index contributed by atoms with van der Waals surface area (Å²) in [6.45, 7) is 10.7. The molecule has 8 heteroatoms. The zero-order valence-electron chi connectivity index (χ0n) is 23.3. The van der Waals surface area contributed by atoms with E-state index < -0.39 is 0 Å². The highest BCUT2D eigenvalue weighted by Gasteiger charge is 2.26. The van der Waals surface area contributed by atoms with E-state index in [0.717, 1.165) is 90.0 Å². The van der Waals surface area contributed by atoms with Gasteiger partial charge in [0.25, 0.3) is 0 Å². The highest BCUT2D eigenvalue weighted by Crippen LogP contribution is 2.42. The van der Waals surface area contributed by atoms with Gasteiger partial charge in [-0.25, -0.2) is 15.0 Å². The van der Waals surface area contributed by atoms with Gasteiger partial charge in [-0.2, -0.15) is 0 Å². The molecule has 1 saturated heterocycles. The van der Waals surface area contributed by atoms with Crippen LogP contribution in [0.15, 0.2) is 49.3 Å². The van der Waals surface area contributed by atoms with Gasteiger partial charge in [0.2, 0.25) is 5.88 Å². The molecular formula is C32H37FN4O3. The molecule has 2 aliphatic rings. The molecule has 210 valence electrons. The molecule has 0 unspecified atom stereocenters. The van der Waals surface area contributed by atoms with Crippen LogP contribution in [0.1, 0.15) is 67.5 Å². The van der Waals surface area contributed by atoms with Gasteiger partial charge >= 0.3 is 6.01 Å². The van der Waals surface area contributed by atoms with Gasteiger partial charge in [0.1, 0.15) is 11.9 Å². The van der Waals surface area contributed by atoms with Crippen LogP contribution in [0, 0.1) is 0 Å². The first-order valence-corrected chi connectivity index (χ1v) is 14.1. The van der Waals surface area contributed by atoms with Crippen molar-refractivity contribution in [1.29, 1.82) is 0 Å². The number of hydrogen-bond donors (Lipinski definition) is 1. The van der Waals surface area contributed by atoms with Gasteiger partial charge in [0.15, 0.2) is 0 Å². The van der Waals surface area contributed by atoms with Gasteiger partial charge in [-0.05, 0) is 92.0 Å². The van der Waals surface area contributed by atoms with E-state index in [1.54, 1.807) is 6.07 Å². The average Bonchev–Trinajstić information content (AvgIpc) is 3.31. The number of benzene rings is 1. The van der Waals surface area contributed by atoms with E-state index in [1.807, 2.05) is 44.4 Å². The lowest BCUT2D eigenvalue weighted by Crippen LogP contribution is -2.26. The summed E-state index contributed by atoms with van der Waals surface area (Å²) in [5.74, 6) is 0.828. The van der Waals surface area contributed by atoms with E-state index in [9.17, 15) is 9.50 Å². The monoisotopic (exact) mass is 544 g/mol. The molecule has 1 aliphatic carbocycles. The average molecular weight is 545 g/mol. The Balaban J connectivity index is 1.54. The van der Waals surface area contributed by atoms with Crippen molar-refractivity contribution in [3.63, 3.8) is 0 Å². The minimum Gasteiger partial charge on any atom is -0.508 e. The molecule has 2 aromatic heterocycles. The summed E-state index contributed by atoms with van der Waals surface area (Å²) in [5.41, 5.74) is 7.82. The summed E-state index contributed by atoms with van der Waals surface area (Å²) in [7, 11) is 0. The van der Waals surface area contributed by atoms with Crippen LogP contribution >= 0.6 is 0 Å². The maximum absolute atomic E-state index is 12.6. The molecule has 1 atom stereocenters. The molecule has 0 bridgehead atoms. The normalized spacial score (nSPS) is 17.4. The van der Waals surface area contributed by atoms with Crippen molar-refractivity contribution in [2.75, 3.05) is 32.9 Å². The molecule has 3 aromatic rings. The summed E-state index contributed by atoms with van der Waals surface area (Å²) in [4.78, 5) is 16.2. The fourth-order valence-corrected chi connectivity index (χ4v) is 5.65.